The Morgan fingerprint density at radius 2 is 0.724 bits per heavy atom. The zero-order valence-electron chi connectivity index (χ0n) is 47.2. The molecule has 428 valence electrons. The van der Waals surface area contributed by atoms with Gasteiger partial charge in [-0.15, -0.1) is 0 Å². The van der Waals surface area contributed by atoms with Crippen LogP contribution < -0.4 is 0 Å². The van der Waals surface area contributed by atoms with E-state index in [9.17, 15) is 28.9 Å². The monoisotopic (exact) mass is 1080 g/mol. The average Bonchev–Trinajstić information content (AvgIpc) is 3.41. The summed E-state index contributed by atoms with van der Waals surface area (Å²) in [5.74, 6) is -1.66. The van der Waals surface area contributed by atoms with Crippen molar-refractivity contribution in [2.75, 3.05) is 26.4 Å². The molecule has 11 nitrogen and oxygen atoms in total. The molecule has 0 fully saturated rings. The Balaban J connectivity index is 4.91. The number of allylic oxidation sites excluding steroid dienone is 24. The average molecular weight is 1080 g/mol. The van der Waals surface area contributed by atoms with Gasteiger partial charge in [-0.3, -0.25) is 23.4 Å². The molecule has 12 heteroatoms. The van der Waals surface area contributed by atoms with Gasteiger partial charge in [0.1, 0.15) is 12.7 Å². The summed E-state index contributed by atoms with van der Waals surface area (Å²) in [4.78, 5) is 48.5. The minimum Gasteiger partial charge on any atom is -0.462 e. The van der Waals surface area contributed by atoms with Crippen molar-refractivity contribution in [1.82, 2.24) is 0 Å². The maximum atomic E-state index is 12.9. The molecule has 2 N–H and O–H groups in total. The number of phosphoric acid groups is 1. The molecule has 0 aromatic carbocycles. The second-order valence-corrected chi connectivity index (χ2v) is 19.8. The third kappa shape index (κ3) is 54.2. The van der Waals surface area contributed by atoms with Crippen molar-refractivity contribution in [3.63, 3.8) is 0 Å². The number of aliphatic hydroxyl groups is 1. The van der Waals surface area contributed by atoms with Crippen LogP contribution in [0.4, 0.5) is 0 Å². The first-order valence-corrected chi connectivity index (χ1v) is 30.2. The minimum atomic E-state index is -4.79. The first-order chi connectivity index (χ1) is 37.2. The summed E-state index contributed by atoms with van der Waals surface area (Å²) in [5.41, 5.74) is 0. The van der Waals surface area contributed by atoms with E-state index in [0.29, 0.717) is 25.7 Å². The molecule has 3 atom stereocenters. The Bertz CT molecular complexity index is 1830. The highest BCUT2D eigenvalue weighted by Gasteiger charge is 2.28. The van der Waals surface area contributed by atoms with E-state index in [1.165, 1.54) is 25.7 Å². The molecule has 0 bridgehead atoms. The van der Waals surface area contributed by atoms with E-state index < -0.39 is 57.8 Å². The second kappa shape index (κ2) is 56.6. The SMILES string of the molecule is CC/C=C\C/C=C\C/C=C\C/C=C\C/C=C\CCCC(=O)OC(COC(=O)CCCCCCCC/C=C\C/C=C\C/C=C\CCCCC)COP(=O)(O)OCC(CO)OC(=O)CC/C=C\C/C=C\C/C=C\C/C=C\CC. The summed E-state index contributed by atoms with van der Waals surface area (Å²) in [6.45, 7) is 4.20. The highest BCUT2D eigenvalue weighted by molar-refractivity contribution is 7.47. The number of rotatable bonds is 51. The number of phosphoric ester groups is 1. The molecule has 3 unspecified atom stereocenters. The summed E-state index contributed by atoms with van der Waals surface area (Å²) in [5, 5.41) is 9.79. The lowest BCUT2D eigenvalue weighted by atomic mass is 10.1. The zero-order chi connectivity index (χ0) is 55.5. The maximum absolute atomic E-state index is 12.9. The lowest BCUT2D eigenvalue weighted by molar-refractivity contribution is -0.161. The van der Waals surface area contributed by atoms with Gasteiger partial charge in [0.15, 0.2) is 6.10 Å². The molecule has 0 rings (SSSR count). The highest BCUT2D eigenvalue weighted by atomic mass is 31.2. The fraction of sp³-hybridized carbons (Fsp3) is 0.578. The lowest BCUT2D eigenvalue weighted by Gasteiger charge is -2.21. The van der Waals surface area contributed by atoms with Crippen molar-refractivity contribution in [2.45, 2.75) is 213 Å². The van der Waals surface area contributed by atoms with E-state index in [4.69, 9.17) is 23.3 Å². The van der Waals surface area contributed by atoms with Gasteiger partial charge < -0.3 is 24.2 Å². The van der Waals surface area contributed by atoms with Gasteiger partial charge >= 0.3 is 25.7 Å². The number of aliphatic hydroxyl groups excluding tert-OH is 1. The van der Waals surface area contributed by atoms with Crippen LogP contribution in [0.3, 0.4) is 0 Å². The third-order valence-electron chi connectivity index (χ3n) is 11.2. The summed E-state index contributed by atoms with van der Waals surface area (Å²) < 4.78 is 39.3. The van der Waals surface area contributed by atoms with E-state index in [1.807, 2.05) is 30.4 Å². The fourth-order valence-electron chi connectivity index (χ4n) is 6.94. The molecule has 0 aliphatic rings. The van der Waals surface area contributed by atoms with Crippen LogP contribution in [0, 0.1) is 0 Å². The van der Waals surface area contributed by atoms with E-state index in [0.717, 1.165) is 109 Å². The highest BCUT2D eigenvalue weighted by Crippen LogP contribution is 2.43. The van der Waals surface area contributed by atoms with E-state index in [-0.39, 0.29) is 25.9 Å². The Hall–Kier alpha value is -4.64. The van der Waals surface area contributed by atoms with Gasteiger partial charge in [0.25, 0.3) is 0 Å². The molecule has 0 amide bonds. The van der Waals surface area contributed by atoms with Gasteiger partial charge in [0.05, 0.1) is 19.8 Å². The molecular weight excluding hydrogens is 976 g/mol. The Morgan fingerprint density at radius 1 is 0.382 bits per heavy atom. The number of hydrogen-bond acceptors (Lipinski definition) is 10. The predicted octanol–water partition coefficient (Wildman–Crippen LogP) is 17.1. The van der Waals surface area contributed by atoms with Crippen LogP contribution in [-0.2, 0) is 42.2 Å². The molecular formula is C64H101O11P. The summed E-state index contributed by atoms with van der Waals surface area (Å²) in [7, 11) is -4.79. The molecule has 0 radical (unpaired) electrons. The quantitative estimate of drug-likeness (QED) is 0.0197. The van der Waals surface area contributed by atoms with Gasteiger partial charge in [-0.05, 0) is 122 Å². The van der Waals surface area contributed by atoms with Crippen molar-refractivity contribution in [2.24, 2.45) is 0 Å². The number of hydrogen-bond donors (Lipinski definition) is 2. The Labute approximate surface area is 461 Å². The van der Waals surface area contributed by atoms with Crippen LogP contribution in [0.5, 0.6) is 0 Å². The normalized spacial score (nSPS) is 14.4. The zero-order valence-corrected chi connectivity index (χ0v) is 48.0. The van der Waals surface area contributed by atoms with Gasteiger partial charge in [-0.1, -0.05) is 205 Å². The third-order valence-corrected chi connectivity index (χ3v) is 12.2. The van der Waals surface area contributed by atoms with Crippen molar-refractivity contribution in [1.29, 1.82) is 0 Å². The van der Waals surface area contributed by atoms with E-state index in [2.05, 4.69) is 136 Å². The lowest BCUT2D eigenvalue weighted by Crippen LogP contribution is -2.30. The fourth-order valence-corrected chi connectivity index (χ4v) is 7.72. The van der Waals surface area contributed by atoms with Crippen molar-refractivity contribution >= 4 is 25.7 Å². The molecule has 76 heavy (non-hydrogen) atoms. The first kappa shape index (κ1) is 71.4. The van der Waals surface area contributed by atoms with Crippen LogP contribution in [0.2, 0.25) is 0 Å². The second-order valence-electron chi connectivity index (χ2n) is 18.3. The number of esters is 3. The standard InChI is InChI=1S/C64H101O11P/c1-4-7-10-13-16-19-22-25-27-29-30-32-33-36-38-41-44-47-50-53-62(66)71-57-61(75-64(68)55-52-49-46-43-40-37-34-31-28-26-23-20-17-14-11-8-5-2)59-73-76(69,70)72-58-60(56-65)74-63(67)54-51-48-45-42-39-35-24-21-18-15-12-9-6-3/h8-9,11-12,16-21,25-28,30,32,34-35,37,39,43,45-46,48,60-61,65H,4-7,10,13-15,22-24,29,31,33,36,38,40-42,44,47,49-59H2,1-3H3,(H,69,70)/b11-8-,12-9-,19-16-,20-17-,21-18-,27-25-,28-26-,32-30-,37-34-,39-35-,46-43-,48-45-. The Kier molecular flexibility index (Phi) is 53.1. The molecule has 0 aliphatic carbocycles. The number of carbonyl (C=O) groups excluding carboxylic acids is 3. The van der Waals surface area contributed by atoms with E-state index >= 15 is 0 Å². The predicted molar refractivity (Wildman–Crippen MR) is 316 cm³/mol. The van der Waals surface area contributed by atoms with Gasteiger partial charge in [0.2, 0.25) is 0 Å². The first-order valence-electron chi connectivity index (χ1n) is 28.7. The summed E-state index contributed by atoms with van der Waals surface area (Å²) in [6, 6.07) is 0. The van der Waals surface area contributed by atoms with Crippen molar-refractivity contribution in [3.8, 4) is 0 Å². The van der Waals surface area contributed by atoms with Gasteiger partial charge in [-0.25, -0.2) is 4.57 Å². The van der Waals surface area contributed by atoms with Crippen LogP contribution >= 0.6 is 7.82 Å². The molecule has 0 spiro atoms. The molecule has 0 saturated heterocycles. The Morgan fingerprint density at radius 3 is 1.17 bits per heavy atom. The maximum Gasteiger partial charge on any atom is 0.472 e. The van der Waals surface area contributed by atoms with Crippen LogP contribution in [-0.4, -0.2) is 66.5 Å². The molecule has 0 aromatic heterocycles. The van der Waals surface area contributed by atoms with Gasteiger partial charge in [0, 0.05) is 19.3 Å². The van der Waals surface area contributed by atoms with Gasteiger partial charge in [-0.2, -0.15) is 0 Å². The summed E-state index contributed by atoms with van der Waals surface area (Å²) >= 11 is 0. The van der Waals surface area contributed by atoms with Crippen LogP contribution in [0.1, 0.15) is 201 Å². The smallest absolute Gasteiger partial charge is 0.462 e. The number of ether oxygens (including phenoxy) is 3. The molecule has 0 saturated carbocycles. The number of unbranched alkanes of at least 4 members (excludes halogenated alkanes) is 10. The van der Waals surface area contributed by atoms with Crippen LogP contribution in [0.25, 0.3) is 0 Å². The molecule has 0 heterocycles. The largest absolute Gasteiger partial charge is 0.472 e. The van der Waals surface area contributed by atoms with E-state index in [1.54, 1.807) is 0 Å². The number of carbonyl (C=O) groups is 3. The summed E-state index contributed by atoms with van der Waals surface area (Å²) in [6.07, 6.45) is 72.6. The van der Waals surface area contributed by atoms with Crippen molar-refractivity contribution < 1.29 is 52.2 Å². The van der Waals surface area contributed by atoms with Crippen molar-refractivity contribution in [3.05, 3.63) is 146 Å². The molecule has 0 aliphatic heterocycles. The topological polar surface area (TPSA) is 155 Å². The molecule has 0 aromatic rings. The minimum absolute atomic E-state index is 0.0425. The van der Waals surface area contributed by atoms with Crippen LogP contribution in [0.15, 0.2) is 146 Å².